The van der Waals surface area contributed by atoms with Gasteiger partial charge in [-0.25, -0.2) is 0 Å². The van der Waals surface area contributed by atoms with Crippen molar-refractivity contribution in [2.75, 3.05) is 4.90 Å². The molecule has 0 saturated carbocycles. The molecule has 1 aliphatic rings. The first-order chi connectivity index (χ1) is 40.7. The van der Waals surface area contributed by atoms with Crippen LogP contribution in [0, 0.1) is 0 Å². The van der Waals surface area contributed by atoms with Gasteiger partial charge >= 0.3 is 0 Å². The first-order valence-corrected chi connectivity index (χ1v) is 28.2. The third-order valence-corrected chi connectivity index (χ3v) is 17.1. The second kappa shape index (κ2) is 19.3. The Balaban J connectivity index is 0.863. The summed E-state index contributed by atoms with van der Waals surface area (Å²) in [6.45, 7) is 0. The van der Waals surface area contributed by atoms with Gasteiger partial charge in [0, 0.05) is 49.9 Å². The molecule has 13 aromatic carbocycles. The Morgan fingerprint density at radius 2 is 0.756 bits per heavy atom. The van der Waals surface area contributed by atoms with Crippen molar-refractivity contribution in [1.82, 2.24) is 4.57 Å². The fraction of sp³-hybridized carbons (Fsp3) is 0.0127. The molecule has 2 aromatic heterocycles. The zero-order valence-electron chi connectivity index (χ0n) is 44.8. The molecule has 0 bridgehead atoms. The fourth-order valence-electron chi connectivity index (χ4n) is 13.3. The predicted molar refractivity (Wildman–Crippen MR) is 342 cm³/mol. The van der Waals surface area contributed by atoms with Gasteiger partial charge in [-0.3, -0.25) is 0 Å². The van der Waals surface area contributed by atoms with Crippen molar-refractivity contribution in [3.63, 3.8) is 0 Å². The standard InChI is InChI=1S/C79H52N2O/c1-4-17-53(18-5-1)55-31-40-60(41-32-55)79(61-42-33-58(34-43-61)66-26-16-27-71-70-25-12-15-30-77(70)82-78(66)71)73-28-13-10-23-67(73)68-49-48-65(52-74(68)79)80(63-44-35-56(36-45-63)54-19-6-2-7-20-54)64-46-37-57(38-47-64)59-39-50-76-72(51-59)69-24-11-14-29-75(69)81(76)62-21-8-3-9-22-62/h1-52H. The summed E-state index contributed by atoms with van der Waals surface area (Å²) in [5.41, 5.74) is 24.5. The highest BCUT2D eigenvalue weighted by Crippen LogP contribution is 2.58. The largest absolute Gasteiger partial charge is 0.455 e. The minimum absolute atomic E-state index is 0.684. The molecule has 16 rings (SSSR count). The summed E-state index contributed by atoms with van der Waals surface area (Å²) in [6.07, 6.45) is 0. The van der Waals surface area contributed by atoms with Crippen LogP contribution in [0.5, 0.6) is 0 Å². The Bertz CT molecular complexity index is 4870. The summed E-state index contributed by atoms with van der Waals surface area (Å²) in [5.74, 6) is 0. The fourth-order valence-corrected chi connectivity index (χ4v) is 13.3. The van der Waals surface area contributed by atoms with Gasteiger partial charge in [-0.2, -0.15) is 0 Å². The number of para-hydroxylation sites is 4. The van der Waals surface area contributed by atoms with E-state index >= 15 is 0 Å². The molecule has 0 saturated heterocycles. The minimum Gasteiger partial charge on any atom is -0.455 e. The Morgan fingerprint density at radius 1 is 0.280 bits per heavy atom. The highest BCUT2D eigenvalue weighted by molar-refractivity contribution is 6.11. The number of benzene rings is 13. The topological polar surface area (TPSA) is 21.3 Å². The predicted octanol–water partition coefficient (Wildman–Crippen LogP) is 21.2. The highest BCUT2D eigenvalue weighted by atomic mass is 16.3. The Labute approximate surface area is 476 Å². The molecule has 1 atom stereocenters. The summed E-state index contributed by atoms with van der Waals surface area (Å²) in [7, 11) is 0. The van der Waals surface area contributed by atoms with E-state index in [9.17, 15) is 0 Å². The van der Waals surface area contributed by atoms with Crippen LogP contribution >= 0.6 is 0 Å². The van der Waals surface area contributed by atoms with Gasteiger partial charge in [-0.15, -0.1) is 0 Å². The number of furan rings is 1. The number of hydrogen-bond acceptors (Lipinski definition) is 2. The number of hydrogen-bond donors (Lipinski definition) is 0. The minimum atomic E-state index is -0.684. The van der Waals surface area contributed by atoms with Crippen LogP contribution in [0.4, 0.5) is 17.1 Å². The Morgan fingerprint density at radius 3 is 1.44 bits per heavy atom. The third-order valence-electron chi connectivity index (χ3n) is 17.1. The maximum absolute atomic E-state index is 6.60. The maximum Gasteiger partial charge on any atom is 0.143 e. The van der Waals surface area contributed by atoms with E-state index in [1.54, 1.807) is 0 Å². The summed E-state index contributed by atoms with van der Waals surface area (Å²) < 4.78 is 8.98. The first kappa shape index (κ1) is 47.3. The van der Waals surface area contributed by atoms with Crippen LogP contribution in [-0.2, 0) is 5.41 Å². The van der Waals surface area contributed by atoms with Crippen LogP contribution in [-0.4, -0.2) is 4.57 Å². The van der Waals surface area contributed by atoms with Crippen LogP contribution in [0.2, 0.25) is 0 Å². The summed E-state index contributed by atoms with van der Waals surface area (Å²) >= 11 is 0. The molecule has 3 nitrogen and oxygen atoms in total. The lowest BCUT2D eigenvalue weighted by molar-refractivity contribution is 0.670. The maximum atomic E-state index is 6.60. The SMILES string of the molecule is c1ccc(-c2ccc(N(c3ccc(-c4ccc5c(c4)c4ccccc4n5-c4ccccc4)cc3)c3ccc4c(c3)C(c3ccc(-c5ccccc5)cc3)(c3ccc(-c5cccc6c5oc5ccccc56)cc3)c3ccccc3-4)cc2)cc1. The van der Waals surface area contributed by atoms with Crippen LogP contribution in [0.25, 0.3) is 105 Å². The van der Waals surface area contributed by atoms with Crippen molar-refractivity contribution >= 4 is 60.8 Å². The summed E-state index contributed by atoms with van der Waals surface area (Å²) in [4.78, 5) is 2.43. The molecular weight excluding hydrogens is 993 g/mol. The van der Waals surface area contributed by atoms with E-state index in [-0.39, 0.29) is 0 Å². The summed E-state index contributed by atoms with van der Waals surface area (Å²) in [6, 6.07) is 115. The van der Waals surface area contributed by atoms with E-state index in [4.69, 9.17) is 4.42 Å². The van der Waals surface area contributed by atoms with Crippen LogP contribution in [0.1, 0.15) is 22.3 Å². The van der Waals surface area contributed by atoms with Crippen molar-refractivity contribution in [2.45, 2.75) is 5.41 Å². The molecule has 0 radical (unpaired) electrons. The lowest BCUT2D eigenvalue weighted by Crippen LogP contribution is -2.28. The normalized spacial score (nSPS) is 13.7. The van der Waals surface area contributed by atoms with Crippen LogP contribution in [0.15, 0.2) is 320 Å². The molecule has 384 valence electrons. The van der Waals surface area contributed by atoms with Gasteiger partial charge in [0.2, 0.25) is 0 Å². The van der Waals surface area contributed by atoms with Crippen molar-refractivity contribution in [3.8, 4) is 61.3 Å². The van der Waals surface area contributed by atoms with Gasteiger partial charge in [0.05, 0.1) is 16.4 Å². The molecule has 1 aliphatic carbocycles. The Kier molecular flexibility index (Phi) is 11.1. The van der Waals surface area contributed by atoms with E-state index in [1.807, 2.05) is 6.07 Å². The van der Waals surface area contributed by atoms with Gasteiger partial charge in [0.1, 0.15) is 11.2 Å². The third kappa shape index (κ3) is 7.59. The molecule has 0 amide bonds. The average Bonchev–Trinajstić information content (AvgIpc) is 3.24. The lowest BCUT2D eigenvalue weighted by Gasteiger charge is -2.35. The second-order valence-electron chi connectivity index (χ2n) is 21.5. The second-order valence-corrected chi connectivity index (χ2v) is 21.5. The number of anilines is 3. The number of aromatic nitrogens is 1. The van der Waals surface area contributed by atoms with Crippen LogP contribution in [0.3, 0.4) is 0 Å². The van der Waals surface area contributed by atoms with Crippen molar-refractivity contribution < 1.29 is 4.42 Å². The molecule has 15 aromatic rings. The van der Waals surface area contributed by atoms with Gasteiger partial charge in [0.25, 0.3) is 0 Å². The molecule has 0 spiro atoms. The summed E-state index contributed by atoms with van der Waals surface area (Å²) in [5, 5.41) is 4.72. The van der Waals surface area contributed by atoms with Crippen molar-refractivity contribution in [1.29, 1.82) is 0 Å². The molecule has 0 fully saturated rings. The molecule has 2 heterocycles. The van der Waals surface area contributed by atoms with Crippen LogP contribution < -0.4 is 4.90 Å². The molecule has 82 heavy (non-hydrogen) atoms. The molecular formula is C79H52N2O. The lowest BCUT2D eigenvalue weighted by atomic mass is 9.67. The number of nitrogens with zero attached hydrogens (tertiary/aromatic N) is 2. The van der Waals surface area contributed by atoms with Crippen molar-refractivity contribution in [2.24, 2.45) is 0 Å². The first-order valence-electron chi connectivity index (χ1n) is 28.2. The molecule has 3 heteroatoms. The van der Waals surface area contributed by atoms with Gasteiger partial charge in [0.15, 0.2) is 0 Å². The smallest absolute Gasteiger partial charge is 0.143 e. The van der Waals surface area contributed by atoms with Gasteiger partial charge in [-0.1, -0.05) is 243 Å². The quantitative estimate of drug-likeness (QED) is 0.136. The van der Waals surface area contributed by atoms with Crippen molar-refractivity contribution in [3.05, 3.63) is 338 Å². The number of fused-ring (bicyclic) bond motifs is 9. The monoisotopic (exact) mass is 1040 g/mol. The molecule has 0 N–H and O–H groups in total. The van der Waals surface area contributed by atoms with Gasteiger partial charge < -0.3 is 13.9 Å². The zero-order chi connectivity index (χ0) is 54.1. The van der Waals surface area contributed by atoms with E-state index in [0.29, 0.717) is 0 Å². The van der Waals surface area contributed by atoms with E-state index in [0.717, 1.165) is 61.4 Å². The molecule has 0 aliphatic heterocycles. The number of rotatable bonds is 10. The zero-order valence-corrected chi connectivity index (χ0v) is 44.8. The van der Waals surface area contributed by atoms with E-state index in [2.05, 4.69) is 319 Å². The van der Waals surface area contributed by atoms with Gasteiger partial charge in [-0.05, 0) is 145 Å². The van der Waals surface area contributed by atoms with E-state index < -0.39 is 5.41 Å². The molecule has 1 unspecified atom stereocenters. The highest BCUT2D eigenvalue weighted by Gasteiger charge is 2.46. The Hall–Kier alpha value is -10.7. The van der Waals surface area contributed by atoms with E-state index in [1.165, 1.54) is 83.0 Å². The average molecular weight is 1050 g/mol.